The number of anilines is 1. The summed E-state index contributed by atoms with van der Waals surface area (Å²) in [5.74, 6) is 1.65. The van der Waals surface area contributed by atoms with Gasteiger partial charge in [-0.25, -0.2) is 4.99 Å². The average Bonchev–Trinajstić information content (AvgIpc) is 3.07. The Balaban J connectivity index is 0.00000225. The molecule has 0 saturated heterocycles. The largest absolute Gasteiger partial charge is 0.493 e. The fourth-order valence-corrected chi connectivity index (χ4v) is 2.60. The Bertz CT molecular complexity index is 765. The lowest BCUT2D eigenvalue weighted by Gasteiger charge is -2.11. The van der Waals surface area contributed by atoms with E-state index in [9.17, 15) is 0 Å². The Morgan fingerprint density at radius 1 is 1.08 bits per heavy atom. The van der Waals surface area contributed by atoms with Gasteiger partial charge in [0.1, 0.15) is 0 Å². The van der Waals surface area contributed by atoms with Crippen LogP contribution in [0.5, 0.6) is 11.5 Å². The van der Waals surface area contributed by atoms with E-state index in [4.69, 9.17) is 19.9 Å². The third-order valence-corrected chi connectivity index (χ3v) is 3.87. The lowest BCUT2D eigenvalue weighted by molar-refractivity contribution is 0.134. The van der Waals surface area contributed by atoms with Crippen LogP contribution in [0.3, 0.4) is 0 Å². The molecule has 0 unspecified atom stereocenters. The number of ether oxygens (including phenoxy) is 3. The Labute approximate surface area is 164 Å². The molecule has 1 heterocycles. The number of guanidine groups is 1. The molecule has 25 heavy (non-hydrogen) atoms. The molecule has 2 aromatic carbocycles. The SMILES string of the molecule is COc1ccc(NC(N)=NCc2ccc3c(c2)COC3)cc1OC.I. The second-order valence-electron chi connectivity index (χ2n) is 5.49. The molecule has 0 spiro atoms. The van der Waals surface area contributed by atoms with Crippen LogP contribution in [0.15, 0.2) is 41.4 Å². The first-order valence-electron chi connectivity index (χ1n) is 7.67. The first kappa shape index (κ1) is 19.3. The van der Waals surface area contributed by atoms with Gasteiger partial charge < -0.3 is 25.3 Å². The van der Waals surface area contributed by atoms with Gasteiger partial charge >= 0.3 is 0 Å². The molecule has 0 aromatic heterocycles. The molecule has 0 bridgehead atoms. The summed E-state index contributed by atoms with van der Waals surface area (Å²) in [5.41, 5.74) is 10.3. The van der Waals surface area contributed by atoms with Crippen LogP contribution >= 0.6 is 24.0 Å². The Morgan fingerprint density at radius 2 is 1.84 bits per heavy atom. The van der Waals surface area contributed by atoms with E-state index in [-0.39, 0.29) is 24.0 Å². The third kappa shape index (κ3) is 4.76. The van der Waals surface area contributed by atoms with Crippen molar-refractivity contribution in [1.82, 2.24) is 0 Å². The maximum atomic E-state index is 5.97. The van der Waals surface area contributed by atoms with Crippen molar-refractivity contribution < 1.29 is 14.2 Å². The fraction of sp³-hybridized carbons (Fsp3) is 0.278. The highest BCUT2D eigenvalue weighted by atomic mass is 127. The topological polar surface area (TPSA) is 78.1 Å². The van der Waals surface area contributed by atoms with Crippen LogP contribution in [0.2, 0.25) is 0 Å². The zero-order valence-corrected chi connectivity index (χ0v) is 16.6. The van der Waals surface area contributed by atoms with Crippen molar-refractivity contribution in [2.45, 2.75) is 19.8 Å². The molecular weight excluding hydrogens is 433 g/mol. The van der Waals surface area contributed by atoms with E-state index in [0.717, 1.165) is 11.3 Å². The average molecular weight is 455 g/mol. The molecule has 0 radical (unpaired) electrons. The number of rotatable bonds is 5. The van der Waals surface area contributed by atoms with Gasteiger partial charge in [-0.1, -0.05) is 18.2 Å². The number of halogens is 1. The van der Waals surface area contributed by atoms with Crippen LogP contribution in [0, 0.1) is 0 Å². The number of hydrogen-bond acceptors (Lipinski definition) is 4. The van der Waals surface area contributed by atoms with Crippen LogP contribution in [-0.2, 0) is 24.5 Å². The van der Waals surface area contributed by atoms with E-state index in [1.54, 1.807) is 14.2 Å². The van der Waals surface area contributed by atoms with E-state index in [2.05, 4.69) is 28.5 Å². The Morgan fingerprint density at radius 3 is 2.60 bits per heavy atom. The zero-order valence-electron chi connectivity index (χ0n) is 14.2. The van der Waals surface area contributed by atoms with Crippen LogP contribution in [-0.4, -0.2) is 20.2 Å². The van der Waals surface area contributed by atoms with Gasteiger partial charge in [-0.15, -0.1) is 24.0 Å². The molecule has 0 atom stereocenters. The number of benzene rings is 2. The first-order chi connectivity index (χ1) is 11.7. The second kappa shape index (κ2) is 8.91. The predicted octanol–water partition coefficient (Wildman–Crippen LogP) is 3.28. The van der Waals surface area contributed by atoms with Crippen LogP contribution in [0.25, 0.3) is 0 Å². The van der Waals surface area contributed by atoms with Crippen molar-refractivity contribution in [3.05, 3.63) is 53.1 Å². The van der Waals surface area contributed by atoms with Crippen molar-refractivity contribution >= 4 is 35.6 Å². The molecule has 3 rings (SSSR count). The van der Waals surface area contributed by atoms with E-state index >= 15 is 0 Å². The fourth-order valence-electron chi connectivity index (χ4n) is 2.60. The number of methoxy groups -OCH3 is 2. The number of fused-ring (bicyclic) bond motifs is 1. The molecule has 0 amide bonds. The molecule has 1 aliphatic heterocycles. The Kier molecular flexibility index (Phi) is 6.89. The van der Waals surface area contributed by atoms with Crippen LogP contribution in [0.1, 0.15) is 16.7 Å². The van der Waals surface area contributed by atoms with Gasteiger partial charge in [0.25, 0.3) is 0 Å². The lowest BCUT2D eigenvalue weighted by atomic mass is 10.1. The molecule has 0 saturated carbocycles. The summed E-state index contributed by atoms with van der Waals surface area (Å²) < 4.78 is 15.9. The molecule has 2 aromatic rings. The van der Waals surface area contributed by atoms with Crippen molar-refractivity contribution in [3.8, 4) is 11.5 Å². The van der Waals surface area contributed by atoms with Gasteiger partial charge in [-0.2, -0.15) is 0 Å². The molecule has 6 nitrogen and oxygen atoms in total. The number of hydrogen-bond donors (Lipinski definition) is 2. The number of nitrogens with zero attached hydrogens (tertiary/aromatic N) is 1. The smallest absolute Gasteiger partial charge is 0.193 e. The summed E-state index contributed by atoms with van der Waals surface area (Å²) in [7, 11) is 3.19. The highest BCUT2D eigenvalue weighted by Gasteiger charge is 2.11. The van der Waals surface area contributed by atoms with Crippen molar-refractivity contribution in [2.75, 3.05) is 19.5 Å². The molecule has 0 aliphatic carbocycles. The minimum absolute atomic E-state index is 0. The van der Waals surface area contributed by atoms with Gasteiger partial charge in [-0.05, 0) is 28.8 Å². The maximum absolute atomic E-state index is 5.97. The van der Waals surface area contributed by atoms with Gasteiger partial charge in [0.15, 0.2) is 17.5 Å². The summed E-state index contributed by atoms with van der Waals surface area (Å²) in [5, 5.41) is 3.06. The Hall–Kier alpha value is -2.00. The maximum Gasteiger partial charge on any atom is 0.193 e. The first-order valence-corrected chi connectivity index (χ1v) is 7.67. The van der Waals surface area contributed by atoms with E-state index in [1.165, 1.54) is 11.1 Å². The number of aliphatic imine (C=N–C) groups is 1. The second-order valence-corrected chi connectivity index (χ2v) is 5.49. The summed E-state index contributed by atoms with van der Waals surface area (Å²) in [6.07, 6.45) is 0. The van der Waals surface area contributed by atoms with Crippen LogP contribution in [0.4, 0.5) is 5.69 Å². The van der Waals surface area contributed by atoms with Crippen molar-refractivity contribution in [2.24, 2.45) is 10.7 Å². The highest BCUT2D eigenvalue weighted by molar-refractivity contribution is 14.0. The van der Waals surface area contributed by atoms with Crippen molar-refractivity contribution in [3.63, 3.8) is 0 Å². The minimum Gasteiger partial charge on any atom is -0.493 e. The van der Waals surface area contributed by atoms with Gasteiger partial charge in [0.05, 0.1) is 34.0 Å². The lowest BCUT2D eigenvalue weighted by Crippen LogP contribution is -2.22. The summed E-state index contributed by atoms with van der Waals surface area (Å²) in [6, 6.07) is 11.8. The molecular formula is C18H22IN3O3. The zero-order chi connectivity index (χ0) is 16.9. The van der Waals surface area contributed by atoms with E-state index < -0.39 is 0 Å². The van der Waals surface area contributed by atoms with Gasteiger partial charge in [0, 0.05) is 11.8 Å². The quantitative estimate of drug-likeness (QED) is 0.411. The van der Waals surface area contributed by atoms with Gasteiger partial charge in [-0.3, -0.25) is 0 Å². The summed E-state index contributed by atoms with van der Waals surface area (Å²) in [4.78, 5) is 4.38. The molecule has 1 aliphatic rings. The molecule has 0 fully saturated rings. The molecule has 7 heteroatoms. The monoisotopic (exact) mass is 455 g/mol. The molecule has 134 valence electrons. The standard InChI is InChI=1S/C18H21N3O3.HI/c1-22-16-6-5-15(8-17(16)23-2)21-18(19)20-9-12-3-4-13-10-24-11-14(13)7-12;/h3-8H,9-11H2,1-2H3,(H3,19,20,21);1H. The normalized spacial score (nSPS) is 13.0. The minimum atomic E-state index is 0. The van der Waals surface area contributed by atoms with E-state index in [0.29, 0.717) is 37.2 Å². The summed E-state index contributed by atoms with van der Waals surface area (Å²) >= 11 is 0. The third-order valence-electron chi connectivity index (χ3n) is 3.87. The number of nitrogens with two attached hydrogens (primary N) is 1. The van der Waals surface area contributed by atoms with Crippen LogP contribution < -0.4 is 20.5 Å². The van der Waals surface area contributed by atoms with E-state index in [1.807, 2.05) is 18.2 Å². The van der Waals surface area contributed by atoms with Gasteiger partial charge in [0.2, 0.25) is 0 Å². The number of nitrogens with one attached hydrogen (secondary N) is 1. The van der Waals surface area contributed by atoms with Crippen molar-refractivity contribution in [1.29, 1.82) is 0 Å². The predicted molar refractivity (Wildman–Crippen MR) is 109 cm³/mol. The molecule has 3 N–H and O–H groups in total. The summed E-state index contributed by atoms with van der Waals surface area (Å²) in [6.45, 7) is 1.88. The highest BCUT2D eigenvalue weighted by Crippen LogP contribution is 2.29.